The van der Waals surface area contributed by atoms with Gasteiger partial charge in [0, 0.05) is 24.7 Å². The van der Waals surface area contributed by atoms with Crippen molar-refractivity contribution in [3.63, 3.8) is 0 Å². The molecule has 2 aromatic carbocycles. The highest BCUT2D eigenvalue weighted by atomic mass is 19.3. The number of hydrogen-bond acceptors (Lipinski definition) is 5. The summed E-state index contributed by atoms with van der Waals surface area (Å²) in [6, 6.07) is 11.2. The number of carbonyl (C=O) groups excluding carboxylic acids is 3. The van der Waals surface area contributed by atoms with Gasteiger partial charge in [-0.25, -0.2) is 4.79 Å². The molecule has 33 heavy (non-hydrogen) atoms. The first-order valence-electron chi connectivity index (χ1n) is 10.1. The van der Waals surface area contributed by atoms with Crippen molar-refractivity contribution in [1.82, 2.24) is 5.32 Å². The molecule has 8 nitrogen and oxygen atoms in total. The Morgan fingerprint density at radius 1 is 0.970 bits per heavy atom. The van der Waals surface area contributed by atoms with E-state index in [0.717, 1.165) is 0 Å². The molecule has 2 aromatic rings. The van der Waals surface area contributed by atoms with Crippen molar-refractivity contribution in [2.24, 2.45) is 0 Å². The average molecular weight is 463 g/mol. The molecule has 0 heterocycles. The summed E-state index contributed by atoms with van der Waals surface area (Å²) in [4.78, 5) is 36.5. The van der Waals surface area contributed by atoms with E-state index in [-0.39, 0.29) is 18.1 Å². The van der Waals surface area contributed by atoms with E-state index in [2.05, 4.69) is 20.7 Å². The molecule has 3 N–H and O–H groups in total. The van der Waals surface area contributed by atoms with Gasteiger partial charge in [-0.1, -0.05) is 18.2 Å². The van der Waals surface area contributed by atoms with Crippen LogP contribution in [-0.4, -0.2) is 36.2 Å². The predicted octanol–water partition coefficient (Wildman–Crippen LogP) is 4.32. The quantitative estimate of drug-likeness (QED) is 0.541. The minimum absolute atomic E-state index is 0.0235. The number of alkyl carbamates (subject to hydrolysis) is 1. The molecule has 0 aliphatic carbocycles. The van der Waals surface area contributed by atoms with E-state index in [4.69, 9.17) is 4.74 Å². The number of nitrogens with one attached hydrogen (secondary N) is 3. The molecule has 10 heteroatoms. The second kappa shape index (κ2) is 11.3. The van der Waals surface area contributed by atoms with Gasteiger partial charge in [-0.2, -0.15) is 8.78 Å². The molecule has 2 rings (SSSR count). The summed E-state index contributed by atoms with van der Waals surface area (Å²) in [7, 11) is 0. The van der Waals surface area contributed by atoms with Crippen LogP contribution in [0.1, 0.15) is 33.3 Å². The van der Waals surface area contributed by atoms with E-state index < -0.39 is 30.3 Å². The van der Waals surface area contributed by atoms with Crippen LogP contribution in [0.25, 0.3) is 0 Å². The number of ether oxygens (including phenoxy) is 2. The Kier molecular flexibility index (Phi) is 8.72. The molecular formula is C23H27F2N3O5. The van der Waals surface area contributed by atoms with Crippen LogP contribution in [0.2, 0.25) is 0 Å². The zero-order valence-corrected chi connectivity index (χ0v) is 18.8. The fourth-order valence-electron chi connectivity index (χ4n) is 2.81. The molecule has 0 aliphatic heterocycles. The molecule has 0 spiro atoms. The van der Waals surface area contributed by atoms with Crippen LogP contribution in [0.5, 0.6) is 5.75 Å². The molecule has 1 atom stereocenters. The van der Waals surface area contributed by atoms with Crippen LogP contribution in [0.15, 0.2) is 48.5 Å². The topological polar surface area (TPSA) is 106 Å². The number of carbonyl (C=O) groups is 3. The lowest BCUT2D eigenvalue weighted by Crippen LogP contribution is -2.47. The van der Waals surface area contributed by atoms with Gasteiger partial charge in [-0.15, -0.1) is 0 Å². The lowest BCUT2D eigenvalue weighted by Gasteiger charge is -2.23. The predicted molar refractivity (Wildman–Crippen MR) is 119 cm³/mol. The van der Waals surface area contributed by atoms with Crippen LogP contribution in [0.4, 0.5) is 25.0 Å². The molecule has 0 saturated heterocycles. The Morgan fingerprint density at radius 3 is 2.12 bits per heavy atom. The molecular weight excluding hydrogens is 436 g/mol. The number of hydrogen-bond donors (Lipinski definition) is 3. The summed E-state index contributed by atoms with van der Waals surface area (Å²) >= 11 is 0. The number of anilines is 2. The highest BCUT2D eigenvalue weighted by molar-refractivity contribution is 5.97. The van der Waals surface area contributed by atoms with E-state index in [0.29, 0.717) is 16.9 Å². The van der Waals surface area contributed by atoms with Crippen molar-refractivity contribution in [3.8, 4) is 5.75 Å². The minimum atomic E-state index is -2.95. The van der Waals surface area contributed by atoms with Gasteiger partial charge in [0.05, 0.1) is 0 Å². The Bertz CT molecular complexity index is 975. The summed E-state index contributed by atoms with van der Waals surface area (Å²) in [5.74, 6) is -0.819. The summed E-state index contributed by atoms with van der Waals surface area (Å²) in [6.07, 6.45) is -0.724. The van der Waals surface area contributed by atoms with Crippen LogP contribution < -0.4 is 20.7 Å². The minimum Gasteiger partial charge on any atom is -0.444 e. The Balaban J connectivity index is 2.18. The zero-order valence-electron chi connectivity index (χ0n) is 18.8. The monoisotopic (exact) mass is 463 g/mol. The van der Waals surface area contributed by atoms with Gasteiger partial charge in [0.25, 0.3) is 0 Å². The van der Waals surface area contributed by atoms with E-state index in [1.165, 1.54) is 31.2 Å². The normalized spacial score (nSPS) is 12.0. The Morgan fingerprint density at radius 2 is 1.58 bits per heavy atom. The first kappa shape index (κ1) is 25.6. The largest absolute Gasteiger partial charge is 0.444 e. The first-order valence-corrected chi connectivity index (χ1v) is 10.1. The fraction of sp³-hybridized carbons (Fsp3) is 0.348. The number of alkyl halides is 2. The number of benzene rings is 2. The highest BCUT2D eigenvalue weighted by Gasteiger charge is 2.25. The van der Waals surface area contributed by atoms with Crippen LogP contribution in [0.3, 0.4) is 0 Å². The SMILES string of the molecule is CC(=O)Nc1cccc(NC(=O)C(Cc2ccc(OC(F)F)cc2)NC(=O)OC(C)(C)C)c1. The molecule has 178 valence electrons. The Labute approximate surface area is 190 Å². The molecule has 0 saturated carbocycles. The molecule has 0 bridgehead atoms. The fourth-order valence-corrected chi connectivity index (χ4v) is 2.81. The molecule has 0 aromatic heterocycles. The van der Waals surface area contributed by atoms with Crippen molar-refractivity contribution >= 4 is 29.3 Å². The number of amides is 3. The standard InChI is InChI=1S/C23H27F2N3O5/c1-14(29)26-16-6-5-7-17(13-16)27-20(30)19(28-22(31)33-23(2,3)4)12-15-8-10-18(11-9-15)32-21(24)25/h5-11,13,19,21H,12H2,1-4H3,(H,26,29)(H,27,30)(H,28,31). The second-order valence-electron chi connectivity index (χ2n) is 8.18. The molecule has 0 fully saturated rings. The van der Waals surface area contributed by atoms with Gasteiger partial charge in [-0.05, 0) is 56.7 Å². The molecule has 3 amide bonds. The Hall–Kier alpha value is -3.69. The van der Waals surface area contributed by atoms with Gasteiger partial charge >= 0.3 is 12.7 Å². The lowest BCUT2D eigenvalue weighted by atomic mass is 10.0. The van der Waals surface area contributed by atoms with E-state index >= 15 is 0 Å². The maximum Gasteiger partial charge on any atom is 0.408 e. The third-order valence-electron chi connectivity index (χ3n) is 4.05. The average Bonchev–Trinajstić information content (AvgIpc) is 2.66. The maximum absolute atomic E-state index is 13.0. The van der Waals surface area contributed by atoms with Gasteiger partial charge in [0.15, 0.2) is 0 Å². The number of halogens is 2. The zero-order chi connectivity index (χ0) is 24.6. The highest BCUT2D eigenvalue weighted by Crippen LogP contribution is 2.18. The summed E-state index contributed by atoms with van der Waals surface area (Å²) in [5.41, 5.74) is 0.723. The summed E-state index contributed by atoms with van der Waals surface area (Å²) in [5, 5.41) is 7.86. The molecule has 0 radical (unpaired) electrons. The van der Waals surface area contributed by atoms with Gasteiger partial charge in [-0.3, -0.25) is 9.59 Å². The molecule has 0 aliphatic rings. The first-order chi connectivity index (χ1) is 15.4. The maximum atomic E-state index is 13.0. The van der Waals surface area contributed by atoms with Crippen LogP contribution in [-0.2, 0) is 20.7 Å². The van der Waals surface area contributed by atoms with Crippen molar-refractivity contribution < 1.29 is 32.6 Å². The summed E-state index contributed by atoms with van der Waals surface area (Å²) < 4.78 is 34.3. The summed E-state index contributed by atoms with van der Waals surface area (Å²) in [6.45, 7) is 3.49. The lowest BCUT2D eigenvalue weighted by molar-refractivity contribution is -0.118. The van der Waals surface area contributed by atoms with E-state index in [1.807, 2.05) is 0 Å². The molecule has 1 unspecified atom stereocenters. The van der Waals surface area contributed by atoms with Crippen molar-refractivity contribution in [2.75, 3.05) is 10.6 Å². The third-order valence-corrected chi connectivity index (χ3v) is 4.05. The van der Waals surface area contributed by atoms with E-state index in [1.54, 1.807) is 45.0 Å². The second-order valence-corrected chi connectivity index (χ2v) is 8.18. The van der Waals surface area contributed by atoms with E-state index in [9.17, 15) is 23.2 Å². The third kappa shape index (κ3) is 9.55. The van der Waals surface area contributed by atoms with Gasteiger partial charge < -0.3 is 25.4 Å². The van der Waals surface area contributed by atoms with Gasteiger partial charge in [0.1, 0.15) is 17.4 Å². The van der Waals surface area contributed by atoms with Gasteiger partial charge in [0.2, 0.25) is 11.8 Å². The van der Waals surface area contributed by atoms with Crippen LogP contribution >= 0.6 is 0 Å². The van der Waals surface area contributed by atoms with Crippen molar-refractivity contribution in [2.45, 2.75) is 52.4 Å². The van der Waals surface area contributed by atoms with Crippen LogP contribution in [0, 0.1) is 0 Å². The van der Waals surface area contributed by atoms with Crippen molar-refractivity contribution in [3.05, 3.63) is 54.1 Å². The van der Waals surface area contributed by atoms with Crippen molar-refractivity contribution in [1.29, 1.82) is 0 Å². The smallest absolute Gasteiger partial charge is 0.408 e. The number of rotatable bonds is 8.